The third kappa shape index (κ3) is 4.31. The highest BCUT2D eigenvalue weighted by atomic mass is 16.3. The van der Waals surface area contributed by atoms with E-state index in [9.17, 15) is 5.11 Å². The van der Waals surface area contributed by atoms with E-state index >= 15 is 0 Å². The maximum absolute atomic E-state index is 10.2. The summed E-state index contributed by atoms with van der Waals surface area (Å²) in [6.45, 7) is 10.6. The monoisotopic (exact) mass is 391 g/mol. The maximum Gasteiger partial charge on any atom is 0.0599 e. The van der Waals surface area contributed by atoms with Crippen LogP contribution in [-0.2, 0) is 0 Å². The molecule has 0 aromatic rings. The summed E-state index contributed by atoms with van der Waals surface area (Å²) < 4.78 is 0. The molecule has 0 aromatic heterocycles. The molecule has 5 fully saturated rings. The standard InChI is InChI=1S/C24H45N3O/c1-4-18(2)23(15-25-3)27-8-7-26(22(16-27)17-28)6-5-24-12-19-9-20(13-24)11-21(10-19)14-24/h18-23,25,28H,4-17H2,1-3H3/t18?,19?,20?,21?,22-,23-,24?/m0/s1. The molecule has 1 aliphatic heterocycles. The lowest BCUT2D eigenvalue weighted by atomic mass is 9.49. The van der Waals surface area contributed by atoms with Gasteiger partial charge in [-0.05, 0) is 87.6 Å². The van der Waals surface area contributed by atoms with E-state index in [0.29, 0.717) is 30.0 Å². The zero-order chi connectivity index (χ0) is 19.7. The zero-order valence-electron chi connectivity index (χ0n) is 18.7. The quantitative estimate of drug-likeness (QED) is 0.633. The summed E-state index contributed by atoms with van der Waals surface area (Å²) in [4.78, 5) is 5.30. The molecular weight excluding hydrogens is 346 g/mol. The molecular formula is C24H45N3O. The first kappa shape index (κ1) is 21.1. The summed E-state index contributed by atoms with van der Waals surface area (Å²) in [7, 11) is 2.07. The van der Waals surface area contributed by atoms with E-state index in [2.05, 4.69) is 36.0 Å². The Hall–Kier alpha value is -0.160. The van der Waals surface area contributed by atoms with Gasteiger partial charge in [0.1, 0.15) is 0 Å². The summed E-state index contributed by atoms with van der Waals surface area (Å²) in [6.07, 6.45) is 11.8. The molecule has 0 spiro atoms. The summed E-state index contributed by atoms with van der Waals surface area (Å²) >= 11 is 0. The van der Waals surface area contributed by atoms with Crippen LogP contribution in [-0.4, -0.2) is 73.4 Å². The van der Waals surface area contributed by atoms with Crippen molar-refractivity contribution >= 4 is 0 Å². The molecule has 5 rings (SSSR count). The van der Waals surface area contributed by atoms with E-state index in [4.69, 9.17) is 0 Å². The molecule has 4 bridgehead atoms. The second-order valence-electron chi connectivity index (χ2n) is 11.0. The van der Waals surface area contributed by atoms with Gasteiger partial charge in [-0.1, -0.05) is 20.3 Å². The van der Waals surface area contributed by atoms with Gasteiger partial charge in [0.05, 0.1) is 6.61 Å². The van der Waals surface area contributed by atoms with E-state index in [1.165, 1.54) is 38.6 Å². The molecule has 4 nitrogen and oxygen atoms in total. The van der Waals surface area contributed by atoms with Crippen molar-refractivity contribution in [3.63, 3.8) is 0 Å². The van der Waals surface area contributed by atoms with Gasteiger partial charge in [-0.3, -0.25) is 9.80 Å². The summed E-state index contributed by atoms with van der Waals surface area (Å²) in [5, 5.41) is 13.6. The van der Waals surface area contributed by atoms with Gasteiger partial charge in [0, 0.05) is 38.3 Å². The first-order valence-corrected chi connectivity index (χ1v) is 12.3. The van der Waals surface area contributed by atoms with Crippen molar-refractivity contribution < 1.29 is 5.11 Å². The van der Waals surface area contributed by atoms with Gasteiger partial charge in [0.15, 0.2) is 0 Å². The molecule has 2 N–H and O–H groups in total. The number of hydrogen-bond acceptors (Lipinski definition) is 4. The molecule has 28 heavy (non-hydrogen) atoms. The number of aliphatic hydroxyl groups is 1. The molecule has 162 valence electrons. The minimum absolute atomic E-state index is 0.310. The lowest BCUT2D eigenvalue weighted by molar-refractivity contribution is -0.0681. The first-order chi connectivity index (χ1) is 13.6. The smallest absolute Gasteiger partial charge is 0.0599 e. The zero-order valence-corrected chi connectivity index (χ0v) is 18.7. The number of aliphatic hydroxyl groups excluding tert-OH is 1. The summed E-state index contributed by atoms with van der Waals surface area (Å²) in [5.41, 5.74) is 0.664. The molecule has 4 aliphatic carbocycles. The fourth-order valence-corrected chi connectivity index (χ4v) is 7.83. The van der Waals surface area contributed by atoms with Gasteiger partial charge in [0.2, 0.25) is 0 Å². The Morgan fingerprint density at radius 3 is 2.25 bits per heavy atom. The lowest BCUT2D eigenvalue weighted by Crippen LogP contribution is -2.60. The molecule has 1 unspecified atom stereocenters. The van der Waals surface area contributed by atoms with Crippen LogP contribution < -0.4 is 5.32 Å². The van der Waals surface area contributed by atoms with Crippen molar-refractivity contribution in [2.45, 2.75) is 77.3 Å². The Morgan fingerprint density at radius 1 is 1.07 bits per heavy atom. The van der Waals surface area contributed by atoms with Crippen LogP contribution in [0.4, 0.5) is 0 Å². The van der Waals surface area contributed by atoms with E-state index in [1.54, 1.807) is 19.3 Å². The van der Waals surface area contributed by atoms with E-state index in [1.807, 2.05) is 0 Å². The van der Waals surface area contributed by atoms with Gasteiger partial charge < -0.3 is 10.4 Å². The molecule has 0 aromatic carbocycles. The predicted molar refractivity (Wildman–Crippen MR) is 116 cm³/mol. The number of piperazine rings is 1. The molecule has 0 radical (unpaired) electrons. The average molecular weight is 392 g/mol. The topological polar surface area (TPSA) is 38.7 Å². The molecule has 4 saturated carbocycles. The summed E-state index contributed by atoms with van der Waals surface area (Å²) in [5.74, 6) is 3.85. The first-order valence-electron chi connectivity index (χ1n) is 12.3. The molecule has 3 atom stereocenters. The predicted octanol–water partition coefficient (Wildman–Crippen LogP) is 3.21. The van der Waals surface area contributed by atoms with Gasteiger partial charge in [-0.2, -0.15) is 0 Å². The van der Waals surface area contributed by atoms with Crippen molar-refractivity contribution in [3.8, 4) is 0 Å². The van der Waals surface area contributed by atoms with Crippen LogP contribution in [0.2, 0.25) is 0 Å². The third-order valence-electron chi connectivity index (χ3n) is 9.12. The van der Waals surface area contributed by atoms with Crippen molar-refractivity contribution in [1.29, 1.82) is 0 Å². The molecule has 4 heteroatoms. The minimum Gasteiger partial charge on any atom is -0.395 e. The van der Waals surface area contributed by atoms with Crippen molar-refractivity contribution in [2.75, 3.05) is 46.4 Å². The average Bonchev–Trinajstić information content (AvgIpc) is 2.69. The van der Waals surface area contributed by atoms with E-state index in [-0.39, 0.29) is 0 Å². The molecule has 5 aliphatic rings. The largest absolute Gasteiger partial charge is 0.395 e. The number of likely N-dealkylation sites (N-methyl/N-ethyl adjacent to an activating group) is 1. The van der Waals surface area contributed by atoms with Gasteiger partial charge in [0.25, 0.3) is 0 Å². The van der Waals surface area contributed by atoms with Crippen LogP contribution in [0.3, 0.4) is 0 Å². The molecule has 1 saturated heterocycles. The van der Waals surface area contributed by atoms with Crippen LogP contribution in [0.1, 0.15) is 65.2 Å². The van der Waals surface area contributed by atoms with Crippen molar-refractivity contribution in [1.82, 2.24) is 15.1 Å². The Morgan fingerprint density at radius 2 is 1.71 bits per heavy atom. The minimum atomic E-state index is 0.310. The summed E-state index contributed by atoms with van der Waals surface area (Å²) in [6, 6.07) is 0.917. The van der Waals surface area contributed by atoms with Crippen LogP contribution in [0.15, 0.2) is 0 Å². The Balaban J connectivity index is 1.33. The Bertz CT molecular complexity index is 475. The maximum atomic E-state index is 10.2. The number of hydrogen-bond donors (Lipinski definition) is 2. The molecule has 0 amide bonds. The third-order valence-corrected chi connectivity index (χ3v) is 9.12. The molecule has 1 heterocycles. The van der Waals surface area contributed by atoms with Crippen molar-refractivity contribution in [2.24, 2.45) is 29.1 Å². The van der Waals surface area contributed by atoms with Crippen LogP contribution in [0, 0.1) is 29.1 Å². The van der Waals surface area contributed by atoms with Gasteiger partial charge >= 0.3 is 0 Å². The van der Waals surface area contributed by atoms with Crippen LogP contribution in [0.25, 0.3) is 0 Å². The Kier molecular flexibility index (Phi) is 6.71. The normalized spacial score (nSPS) is 40.7. The fraction of sp³-hybridized carbons (Fsp3) is 1.00. The SMILES string of the molecule is CCC(C)[C@H](CNC)N1CCN(CCC23CC4CC(CC(C4)C2)C3)[C@H](CO)C1. The van der Waals surface area contributed by atoms with E-state index < -0.39 is 0 Å². The van der Waals surface area contributed by atoms with Gasteiger partial charge in [-0.25, -0.2) is 0 Å². The second kappa shape index (κ2) is 8.91. The van der Waals surface area contributed by atoms with Crippen LogP contribution >= 0.6 is 0 Å². The fourth-order valence-electron chi connectivity index (χ4n) is 7.83. The van der Waals surface area contributed by atoms with Crippen LogP contribution in [0.5, 0.6) is 0 Å². The highest BCUT2D eigenvalue weighted by Crippen LogP contribution is 2.61. The number of nitrogens with one attached hydrogen (secondary N) is 1. The lowest BCUT2D eigenvalue weighted by Gasteiger charge is -2.57. The Labute approximate surface area is 173 Å². The number of rotatable bonds is 9. The highest BCUT2D eigenvalue weighted by molar-refractivity contribution is 5.02. The van der Waals surface area contributed by atoms with Crippen molar-refractivity contribution in [3.05, 3.63) is 0 Å². The van der Waals surface area contributed by atoms with Gasteiger partial charge in [-0.15, -0.1) is 0 Å². The number of nitrogens with zero attached hydrogens (tertiary/aromatic N) is 2. The second-order valence-corrected chi connectivity index (χ2v) is 11.0. The highest BCUT2D eigenvalue weighted by Gasteiger charge is 2.50. The van der Waals surface area contributed by atoms with E-state index in [0.717, 1.165) is 43.9 Å².